The Hall–Kier alpha value is -3.28. The lowest BCUT2D eigenvalue weighted by atomic mass is 9.88. The van der Waals surface area contributed by atoms with Crippen LogP contribution in [0, 0.1) is 0 Å². The average Bonchev–Trinajstić information content (AvgIpc) is 3.23. The first kappa shape index (κ1) is 16.9. The normalized spacial score (nSPS) is 17.8. The molecule has 0 unspecified atom stereocenters. The van der Waals surface area contributed by atoms with E-state index in [0.717, 1.165) is 34.9 Å². The summed E-state index contributed by atoms with van der Waals surface area (Å²) in [5, 5.41) is 6.79. The van der Waals surface area contributed by atoms with Crippen molar-refractivity contribution in [1.29, 1.82) is 0 Å². The molecular formula is C22H21N3O3. The molecule has 142 valence electrons. The zero-order valence-corrected chi connectivity index (χ0v) is 15.5. The number of aromatic nitrogens is 1. The number of amides is 2. The van der Waals surface area contributed by atoms with Crippen LogP contribution in [-0.2, 0) is 0 Å². The summed E-state index contributed by atoms with van der Waals surface area (Å²) in [6.45, 7) is 0.442. The van der Waals surface area contributed by atoms with E-state index in [-0.39, 0.29) is 23.8 Å². The van der Waals surface area contributed by atoms with Crippen molar-refractivity contribution in [3.63, 3.8) is 0 Å². The second kappa shape index (κ2) is 6.41. The molecule has 0 radical (unpaired) electrons. The molecule has 1 aliphatic carbocycles. The van der Waals surface area contributed by atoms with Gasteiger partial charge in [0.25, 0.3) is 11.8 Å². The average molecular weight is 375 g/mol. The molecular weight excluding hydrogens is 354 g/mol. The van der Waals surface area contributed by atoms with Crippen LogP contribution in [0.15, 0.2) is 42.6 Å². The van der Waals surface area contributed by atoms with Crippen LogP contribution in [0.4, 0.5) is 0 Å². The SMILES string of the molecule is CNC(=O)c1cc(C(=O)NC2CC2)cc2c1OC[C@@H]2c1cccc2[nH]ccc12. The van der Waals surface area contributed by atoms with E-state index in [2.05, 4.69) is 21.7 Å². The first-order valence-electron chi connectivity index (χ1n) is 9.55. The predicted octanol–water partition coefficient (Wildman–Crippen LogP) is 2.94. The summed E-state index contributed by atoms with van der Waals surface area (Å²) >= 11 is 0. The van der Waals surface area contributed by atoms with E-state index >= 15 is 0 Å². The number of carbonyl (C=O) groups excluding carboxylic acids is 2. The number of benzene rings is 2. The van der Waals surface area contributed by atoms with E-state index in [1.54, 1.807) is 13.1 Å². The molecule has 1 fully saturated rings. The van der Waals surface area contributed by atoms with Crippen molar-refractivity contribution in [2.45, 2.75) is 24.8 Å². The van der Waals surface area contributed by atoms with E-state index in [4.69, 9.17) is 4.74 Å². The van der Waals surface area contributed by atoms with Gasteiger partial charge in [-0.15, -0.1) is 0 Å². The van der Waals surface area contributed by atoms with Crippen LogP contribution in [0.1, 0.15) is 50.6 Å². The Bertz CT molecular complexity index is 1100. The van der Waals surface area contributed by atoms with Gasteiger partial charge in [-0.1, -0.05) is 12.1 Å². The third kappa shape index (κ3) is 2.72. The van der Waals surface area contributed by atoms with Crippen LogP contribution < -0.4 is 15.4 Å². The van der Waals surface area contributed by atoms with Gasteiger partial charge in [0.2, 0.25) is 0 Å². The number of fused-ring (bicyclic) bond motifs is 2. The Morgan fingerprint density at radius 3 is 2.75 bits per heavy atom. The Morgan fingerprint density at radius 2 is 1.96 bits per heavy atom. The highest BCUT2D eigenvalue weighted by molar-refractivity contribution is 6.02. The van der Waals surface area contributed by atoms with E-state index < -0.39 is 0 Å². The van der Waals surface area contributed by atoms with Crippen LogP contribution >= 0.6 is 0 Å². The zero-order valence-electron chi connectivity index (χ0n) is 15.5. The minimum absolute atomic E-state index is 0.0356. The maximum Gasteiger partial charge on any atom is 0.254 e. The van der Waals surface area contributed by atoms with Crippen molar-refractivity contribution in [2.75, 3.05) is 13.7 Å². The number of hydrogen-bond donors (Lipinski definition) is 3. The van der Waals surface area contributed by atoms with Crippen molar-refractivity contribution in [3.8, 4) is 5.75 Å². The molecule has 1 aliphatic heterocycles. The quantitative estimate of drug-likeness (QED) is 0.656. The maximum atomic E-state index is 12.7. The molecule has 2 amide bonds. The van der Waals surface area contributed by atoms with Gasteiger partial charge in [-0.2, -0.15) is 0 Å². The van der Waals surface area contributed by atoms with Gasteiger partial charge in [0, 0.05) is 47.2 Å². The highest BCUT2D eigenvalue weighted by atomic mass is 16.5. The first-order chi connectivity index (χ1) is 13.7. The number of carbonyl (C=O) groups is 2. The monoisotopic (exact) mass is 375 g/mol. The van der Waals surface area contributed by atoms with Gasteiger partial charge >= 0.3 is 0 Å². The van der Waals surface area contributed by atoms with Gasteiger partial charge in [0.15, 0.2) is 0 Å². The van der Waals surface area contributed by atoms with E-state index in [9.17, 15) is 9.59 Å². The molecule has 3 N–H and O–H groups in total. The Balaban J connectivity index is 1.63. The van der Waals surface area contributed by atoms with Crippen molar-refractivity contribution >= 4 is 22.7 Å². The first-order valence-corrected chi connectivity index (χ1v) is 9.55. The second-order valence-corrected chi connectivity index (χ2v) is 7.42. The lowest BCUT2D eigenvalue weighted by molar-refractivity contribution is 0.0951. The van der Waals surface area contributed by atoms with E-state index in [1.807, 2.05) is 30.5 Å². The van der Waals surface area contributed by atoms with Crippen LogP contribution in [0.5, 0.6) is 5.75 Å². The summed E-state index contributed by atoms with van der Waals surface area (Å²) in [4.78, 5) is 28.4. The molecule has 1 saturated carbocycles. The molecule has 3 aromatic rings. The molecule has 0 bridgehead atoms. The third-order valence-electron chi connectivity index (χ3n) is 5.54. The number of rotatable bonds is 4. The summed E-state index contributed by atoms with van der Waals surface area (Å²) in [5.74, 6) is 0.144. The van der Waals surface area contributed by atoms with Crippen molar-refractivity contribution < 1.29 is 14.3 Å². The predicted molar refractivity (Wildman–Crippen MR) is 106 cm³/mol. The van der Waals surface area contributed by atoms with Gasteiger partial charge in [-0.25, -0.2) is 0 Å². The highest BCUT2D eigenvalue weighted by Crippen LogP contribution is 2.43. The number of ether oxygens (including phenoxy) is 1. The highest BCUT2D eigenvalue weighted by Gasteiger charge is 2.33. The Kier molecular flexibility index (Phi) is 3.86. The number of hydrogen-bond acceptors (Lipinski definition) is 3. The summed E-state index contributed by atoms with van der Waals surface area (Å²) in [7, 11) is 1.58. The molecule has 0 saturated heterocycles. The summed E-state index contributed by atoms with van der Waals surface area (Å²) in [6, 6.07) is 11.9. The summed E-state index contributed by atoms with van der Waals surface area (Å²) in [6.07, 6.45) is 3.95. The van der Waals surface area contributed by atoms with Crippen molar-refractivity contribution in [3.05, 3.63) is 64.8 Å². The van der Waals surface area contributed by atoms with Crippen molar-refractivity contribution in [2.24, 2.45) is 0 Å². The molecule has 0 spiro atoms. The third-order valence-corrected chi connectivity index (χ3v) is 5.54. The molecule has 5 rings (SSSR count). The van der Waals surface area contributed by atoms with Gasteiger partial charge in [-0.05, 0) is 42.7 Å². The van der Waals surface area contributed by atoms with E-state index in [1.165, 1.54) is 0 Å². The second-order valence-electron chi connectivity index (χ2n) is 7.42. The minimum Gasteiger partial charge on any atom is -0.491 e. The maximum absolute atomic E-state index is 12.7. The topological polar surface area (TPSA) is 83.2 Å². The largest absolute Gasteiger partial charge is 0.491 e. The van der Waals surface area contributed by atoms with Crippen LogP contribution in [-0.4, -0.2) is 36.5 Å². The van der Waals surface area contributed by atoms with Gasteiger partial charge < -0.3 is 20.4 Å². The number of aromatic amines is 1. The number of H-pyrrole nitrogens is 1. The standard InChI is InChI=1S/C22H21N3O3/c1-23-22(27)17-10-12(21(26)25-13-5-6-13)9-16-18(11-28-20(16)17)14-3-2-4-19-15(14)7-8-24-19/h2-4,7-10,13,18,24H,5-6,11H2,1H3,(H,23,27)(H,25,26)/t18-/m1/s1. The zero-order chi connectivity index (χ0) is 19.3. The molecule has 1 atom stereocenters. The Labute approximate surface area is 162 Å². The van der Waals surface area contributed by atoms with Crippen LogP contribution in [0.2, 0.25) is 0 Å². The fourth-order valence-corrected chi connectivity index (χ4v) is 3.93. The lowest BCUT2D eigenvalue weighted by Gasteiger charge is -2.14. The molecule has 2 heterocycles. The van der Waals surface area contributed by atoms with Crippen LogP contribution in [0.25, 0.3) is 10.9 Å². The lowest BCUT2D eigenvalue weighted by Crippen LogP contribution is -2.26. The van der Waals surface area contributed by atoms with Crippen molar-refractivity contribution in [1.82, 2.24) is 15.6 Å². The fraction of sp³-hybridized carbons (Fsp3) is 0.273. The van der Waals surface area contributed by atoms with E-state index in [0.29, 0.717) is 23.5 Å². The number of nitrogens with one attached hydrogen (secondary N) is 3. The van der Waals surface area contributed by atoms with Crippen LogP contribution in [0.3, 0.4) is 0 Å². The van der Waals surface area contributed by atoms with Gasteiger partial charge in [0.05, 0.1) is 12.2 Å². The van der Waals surface area contributed by atoms with Gasteiger partial charge in [-0.3, -0.25) is 9.59 Å². The molecule has 2 aromatic carbocycles. The molecule has 6 nitrogen and oxygen atoms in total. The molecule has 6 heteroatoms. The molecule has 2 aliphatic rings. The van der Waals surface area contributed by atoms with Gasteiger partial charge in [0.1, 0.15) is 5.75 Å². The Morgan fingerprint density at radius 1 is 1.11 bits per heavy atom. The molecule has 1 aromatic heterocycles. The minimum atomic E-state index is -0.252. The summed E-state index contributed by atoms with van der Waals surface area (Å²) < 4.78 is 5.97. The summed E-state index contributed by atoms with van der Waals surface area (Å²) in [5.41, 5.74) is 3.97. The smallest absolute Gasteiger partial charge is 0.254 e. The fourth-order valence-electron chi connectivity index (χ4n) is 3.93. The molecule has 28 heavy (non-hydrogen) atoms.